The molecule has 0 saturated carbocycles. The Morgan fingerprint density at radius 1 is 1.05 bits per heavy atom. The predicted molar refractivity (Wildman–Crippen MR) is 86.8 cm³/mol. The van der Waals surface area contributed by atoms with Gasteiger partial charge in [0.15, 0.2) is 0 Å². The monoisotopic (exact) mass is 368 g/mol. The van der Waals surface area contributed by atoms with Crippen molar-refractivity contribution in [2.45, 2.75) is 24.7 Å². The minimum Gasteiger partial charge on any atom is -0.266 e. The molecule has 3 nitrogen and oxygen atoms in total. The summed E-state index contributed by atoms with van der Waals surface area (Å²) in [5.41, 5.74) is 2.16. The van der Waals surface area contributed by atoms with E-state index >= 15 is 0 Å². The largest absolute Gasteiger partial charge is 0.296 e. The van der Waals surface area contributed by atoms with Gasteiger partial charge in [-0.2, -0.15) is 8.42 Å². The van der Waals surface area contributed by atoms with Crippen LogP contribution in [0.25, 0.3) is 0 Å². The van der Waals surface area contributed by atoms with Gasteiger partial charge in [-0.05, 0) is 43.5 Å². The summed E-state index contributed by atoms with van der Waals surface area (Å²) in [5.74, 6) is 0. The Morgan fingerprint density at radius 3 is 2.38 bits per heavy atom. The molecule has 112 valence electrons. The van der Waals surface area contributed by atoms with Gasteiger partial charge in [0.1, 0.15) is 0 Å². The summed E-state index contributed by atoms with van der Waals surface area (Å²) in [6.07, 6.45) is 1.42. The molecule has 0 aliphatic rings. The maximum atomic E-state index is 12.0. The zero-order valence-electron chi connectivity index (χ0n) is 11.8. The molecule has 21 heavy (non-hydrogen) atoms. The number of benzene rings is 2. The quantitative estimate of drug-likeness (QED) is 0.569. The average Bonchev–Trinajstić information content (AvgIpc) is 2.46. The van der Waals surface area contributed by atoms with Crippen LogP contribution in [0.15, 0.2) is 57.9 Å². The molecule has 0 N–H and O–H groups in total. The minimum atomic E-state index is -3.65. The Labute approximate surface area is 134 Å². The SMILES string of the molecule is Cc1ccc(S(=O)(=O)OCCCc2ccccc2Br)cc1. The average molecular weight is 369 g/mol. The number of aryl methyl sites for hydroxylation is 2. The molecule has 0 atom stereocenters. The van der Waals surface area contributed by atoms with Gasteiger partial charge in [0.25, 0.3) is 10.1 Å². The lowest BCUT2D eigenvalue weighted by atomic mass is 10.1. The highest BCUT2D eigenvalue weighted by Crippen LogP contribution is 2.18. The fourth-order valence-electron chi connectivity index (χ4n) is 1.91. The third-order valence-corrected chi connectivity index (χ3v) is 5.20. The van der Waals surface area contributed by atoms with E-state index in [-0.39, 0.29) is 11.5 Å². The van der Waals surface area contributed by atoms with E-state index in [9.17, 15) is 8.42 Å². The van der Waals surface area contributed by atoms with Gasteiger partial charge >= 0.3 is 0 Å². The number of rotatable bonds is 6. The smallest absolute Gasteiger partial charge is 0.266 e. The molecule has 0 radical (unpaired) electrons. The van der Waals surface area contributed by atoms with Gasteiger partial charge in [-0.15, -0.1) is 0 Å². The second-order valence-corrected chi connectivity index (χ2v) is 7.25. The molecule has 0 unspecified atom stereocenters. The van der Waals surface area contributed by atoms with Crippen LogP contribution in [-0.2, 0) is 20.7 Å². The second-order valence-electron chi connectivity index (χ2n) is 4.78. The molecule has 2 aromatic carbocycles. The molecule has 0 aliphatic heterocycles. The van der Waals surface area contributed by atoms with Crippen molar-refractivity contribution in [3.05, 3.63) is 64.1 Å². The molecule has 2 aromatic rings. The van der Waals surface area contributed by atoms with Crippen molar-refractivity contribution in [1.29, 1.82) is 0 Å². The third-order valence-electron chi connectivity index (χ3n) is 3.10. The Kier molecular flexibility index (Phi) is 5.56. The number of hydrogen-bond acceptors (Lipinski definition) is 3. The van der Waals surface area contributed by atoms with E-state index in [1.807, 2.05) is 31.2 Å². The van der Waals surface area contributed by atoms with Gasteiger partial charge in [-0.25, -0.2) is 0 Å². The molecular weight excluding hydrogens is 352 g/mol. The van der Waals surface area contributed by atoms with E-state index in [0.29, 0.717) is 6.42 Å². The lowest BCUT2D eigenvalue weighted by Crippen LogP contribution is -2.08. The van der Waals surface area contributed by atoms with Crippen LogP contribution in [0.3, 0.4) is 0 Å². The molecule has 0 spiro atoms. The van der Waals surface area contributed by atoms with Crippen molar-refractivity contribution >= 4 is 26.0 Å². The normalized spacial score (nSPS) is 11.5. The van der Waals surface area contributed by atoms with E-state index in [2.05, 4.69) is 15.9 Å². The van der Waals surface area contributed by atoms with Crippen molar-refractivity contribution in [2.75, 3.05) is 6.61 Å². The zero-order valence-corrected chi connectivity index (χ0v) is 14.2. The highest BCUT2D eigenvalue weighted by Gasteiger charge is 2.14. The summed E-state index contributed by atoms with van der Waals surface area (Å²) < 4.78 is 30.1. The molecular formula is C16H17BrO3S. The molecule has 0 fully saturated rings. The summed E-state index contributed by atoms with van der Waals surface area (Å²) in [7, 11) is -3.65. The Bertz CT molecular complexity index is 694. The topological polar surface area (TPSA) is 43.4 Å². The molecule has 5 heteroatoms. The van der Waals surface area contributed by atoms with Gasteiger partial charge in [-0.1, -0.05) is 51.8 Å². The van der Waals surface area contributed by atoms with Crippen LogP contribution in [0.2, 0.25) is 0 Å². The van der Waals surface area contributed by atoms with Crippen LogP contribution in [0, 0.1) is 6.92 Å². The van der Waals surface area contributed by atoms with Gasteiger partial charge in [-0.3, -0.25) is 4.18 Å². The van der Waals surface area contributed by atoms with Crippen LogP contribution >= 0.6 is 15.9 Å². The highest BCUT2D eigenvalue weighted by molar-refractivity contribution is 9.10. The first-order chi connectivity index (χ1) is 9.99. The summed E-state index contributed by atoms with van der Waals surface area (Å²) in [4.78, 5) is 0.203. The third kappa shape index (κ3) is 4.66. The number of halogens is 1. The van der Waals surface area contributed by atoms with Crippen LogP contribution in [0.1, 0.15) is 17.5 Å². The maximum Gasteiger partial charge on any atom is 0.296 e. The highest BCUT2D eigenvalue weighted by atomic mass is 79.9. The lowest BCUT2D eigenvalue weighted by molar-refractivity contribution is 0.312. The van der Waals surface area contributed by atoms with Crippen LogP contribution in [0.4, 0.5) is 0 Å². The number of hydrogen-bond donors (Lipinski definition) is 0. The summed E-state index contributed by atoms with van der Waals surface area (Å²) >= 11 is 3.47. The fraction of sp³-hybridized carbons (Fsp3) is 0.250. The molecule has 0 aromatic heterocycles. The molecule has 0 bridgehead atoms. The van der Waals surface area contributed by atoms with Crippen LogP contribution < -0.4 is 0 Å². The first kappa shape index (κ1) is 16.2. The summed E-state index contributed by atoms with van der Waals surface area (Å²) in [6.45, 7) is 2.09. The first-order valence-corrected chi connectivity index (χ1v) is 8.89. The Hall–Kier alpha value is -1.17. The molecule has 0 aliphatic carbocycles. The second kappa shape index (κ2) is 7.20. The zero-order chi connectivity index (χ0) is 15.3. The van der Waals surface area contributed by atoms with Gasteiger partial charge in [0.05, 0.1) is 11.5 Å². The van der Waals surface area contributed by atoms with Crippen molar-refractivity contribution in [3.8, 4) is 0 Å². The van der Waals surface area contributed by atoms with Crippen LogP contribution in [-0.4, -0.2) is 15.0 Å². The molecule has 0 saturated heterocycles. The van der Waals surface area contributed by atoms with E-state index < -0.39 is 10.1 Å². The van der Waals surface area contributed by atoms with Gasteiger partial charge < -0.3 is 0 Å². The van der Waals surface area contributed by atoms with Gasteiger partial charge in [0.2, 0.25) is 0 Å². The minimum absolute atomic E-state index is 0.178. The lowest BCUT2D eigenvalue weighted by Gasteiger charge is -2.07. The fourth-order valence-corrected chi connectivity index (χ4v) is 3.33. The van der Waals surface area contributed by atoms with Gasteiger partial charge in [0, 0.05) is 4.47 Å². The predicted octanol–water partition coefficient (Wildman–Crippen LogP) is 4.10. The first-order valence-electron chi connectivity index (χ1n) is 6.68. The van der Waals surface area contributed by atoms with E-state index in [4.69, 9.17) is 4.18 Å². The Morgan fingerprint density at radius 2 is 1.71 bits per heavy atom. The van der Waals surface area contributed by atoms with Crippen LogP contribution in [0.5, 0.6) is 0 Å². The summed E-state index contributed by atoms with van der Waals surface area (Å²) in [6, 6.07) is 14.6. The molecule has 0 heterocycles. The van der Waals surface area contributed by atoms with Crippen molar-refractivity contribution in [1.82, 2.24) is 0 Å². The molecule has 0 amide bonds. The standard InChI is InChI=1S/C16H17BrO3S/c1-13-8-10-15(11-9-13)21(18,19)20-12-4-6-14-5-2-3-7-16(14)17/h2-3,5,7-11H,4,6,12H2,1H3. The van der Waals surface area contributed by atoms with Crippen molar-refractivity contribution in [3.63, 3.8) is 0 Å². The summed E-state index contributed by atoms with van der Waals surface area (Å²) in [5, 5.41) is 0. The van der Waals surface area contributed by atoms with Crippen molar-refractivity contribution in [2.24, 2.45) is 0 Å². The Balaban J connectivity index is 1.88. The van der Waals surface area contributed by atoms with E-state index in [0.717, 1.165) is 22.0 Å². The van der Waals surface area contributed by atoms with Crippen molar-refractivity contribution < 1.29 is 12.6 Å². The molecule has 2 rings (SSSR count). The van der Waals surface area contributed by atoms with E-state index in [1.165, 1.54) is 0 Å². The maximum absolute atomic E-state index is 12.0. The van der Waals surface area contributed by atoms with E-state index in [1.54, 1.807) is 24.3 Å².